The zero-order chi connectivity index (χ0) is 13.9. The van der Waals surface area contributed by atoms with Crippen LogP contribution in [0.25, 0.3) is 5.78 Å². The molecule has 104 valence electrons. The second-order valence-corrected chi connectivity index (χ2v) is 4.92. The monoisotopic (exact) mass is 271 g/mol. The first-order valence-corrected chi connectivity index (χ1v) is 6.68. The molecule has 1 unspecified atom stereocenters. The summed E-state index contributed by atoms with van der Waals surface area (Å²) < 4.78 is 7.06. The van der Waals surface area contributed by atoms with Gasteiger partial charge >= 0.3 is 0 Å². The Kier molecular flexibility index (Phi) is 3.37. The van der Waals surface area contributed by atoms with Gasteiger partial charge in [0.15, 0.2) is 0 Å². The van der Waals surface area contributed by atoms with Crippen LogP contribution in [-0.2, 0) is 6.42 Å². The molecule has 6 nitrogen and oxygen atoms in total. The minimum absolute atomic E-state index is 0.300. The standard InChI is InChI=1S/C14H17N5O/c1-10(5-6-12-4-3-7-20-12)17-13-8-11(2)18-14-15-9-16-19(13)14/h3-4,7-10,17H,5-6H2,1-2H3. The first-order chi connectivity index (χ1) is 9.72. The number of nitrogens with zero attached hydrogens (tertiary/aromatic N) is 4. The quantitative estimate of drug-likeness (QED) is 0.772. The molecule has 3 aromatic heterocycles. The van der Waals surface area contributed by atoms with E-state index in [1.165, 1.54) is 6.33 Å². The maximum Gasteiger partial charge on any atom is 0.254 e. The van der Waals surface area contributed by atoms with Crippen molar-refractivity contribution in [2.75, 3.05) is 5.32 Å². The number of rotatable bonds is 5. The molecule has 3 rings (SSSR count). The Morgan fingerprint density at radius 2 is 2.35 bits per heavy atom. The number of hydrogen-bond donors (Lipinski definition) is 1. The second-order valence-electron chi connectivity index (χ2n) is 4.92. The van der Waals surface area contributed by atoms with E-state index in [1.807, 2.05) is 25.1 Å². The van der Waals surface area contributed by atoms with Crippen molar-refractivity contribution >= 4 is 11.6 Å². The maximum absolute atomic E-state index is 5.35. The molecule has 0 amide bonds. The van der Waals surface area contributed by atoms with Crippen LogP contribution in [0.3, 0.4) is 0 Å². The fraction of sp³-hybridized carbons (Fsp3) is 0.357. The number of hydrogen-bond acceptors (Lipinski definition) is 5. The second kappa shape index (κ2) is 5.32. The molecule has 0 radical (unpaired) electrons. The Hall–Kier alpha value is -2.37. The van der Waals surface area contributed by atoms with Crippen LogP contribution < -0.4 is 5.32 Å². The van der Waals surface area contributed by atoms with Gasteiger partial charge in [-0.25, -0.2) is 4.98 Å². The molecule has 0 spiro atoms. The molecule has 20 heavy (non-hydrogen) atoms. The summed E-state index contributed by atoms with van der Waals surface area (Å²) >= 11 is 0. The van der Waals surface area contributed by atoms with Crippen molar-refractivity contribution in [1.29, 1.82) is 0 Å². The highest BCUT2D eigenvalue weighted by Crippen LogP contribution is 2.14. The normalized spacial score (nSPS) is 12.7. The van der Waals surface area contributed by atoms with E-state index < -0.39 is 0 Å². The van der Waals surface area contributed by atoms with Gasteiger partial charge in [0.2, 0.25) is 0 Å². The highest BCUT2D eigenvalue weighted by molar-refractivity contribution is 5.45. The van der Waals surface area contributed by atoms with E-state index in [-0.39, 0.29) is 0 Å². The van der Waals surface area contributed by atoms with Gasteiger partial charge in [-0.15, -0.1) is 0 Å². The summed E-state index contributed by atoms with van der Waals surface area (Å²) in [4.78, 5) is 8.44. The summed E-state index contributed by atoms with van der Waals surface area (Å²) in [5.74, 6) is 2.54. The van der Waals surface area contributed by atoms with Gasteiger partial charge in [-0.2, -0.15) is 14.6 Å². The largest absolute Gasteiger partial charge is 0.469 e. The van der Waals surface area contributed by atoms with Crippen molar-refractivity contribution in [3.05, 3.63) is 42.2 Å². The first-order valence-electron chi connectivity index (χ1n) is 6.68. The van der Waals surface area contributed by atoms with Gasteiger partial charge in [-0.1, -0.05) is 0 Å². The third-order valence-electron chi connectivity index (χ3n) is 3.18. The summed E-state index contributed by atoms with van der Waals surface area (Å²) in [6, 6.07) is 6.19. The molecule has 0 aromatic carbocycles. The van der Waals surface area contributed by atoms with Crippen molar-refractivity contribution < 1.29 is 4.42 Å². The smallest absolute Gasteiger partial charge is 0.254 e. The lowest BCUT2D eigenvalue weighted by Crippen LogP contribution is -2.18. The van der Waals surface area contributed by atoms with Crippen LogP contribution in [0.4, 0.5) is 5.82 Å². The molecule has 0 aliphatic heterocycles. The van der Waals surface area contributed by atoms with Crippen LogP contribution in [0, 0.1) is 6.92 Å². The summed E-state index contributed by atoms with van der Waals surface area (Å²) in [7, 11) is 0. The zero-order valence-corrected chi connectivity index (χ0v) is 11.6. The number of aryl methyl sites for hydroxylation is 2. The number of anilines is 1. The van der Waals surface area contributed by atoms with Crippen LogP contribution in [0.1, 0.15) is 24.8 Å². The Balaban J connectivity index is 1.70. The molecular formula is C14H17N5O. The van der Waals surface area contributed by atoms with Crippen LogP contribution >= 0.6 is 0 Å². The van der Waals surface area contributed by atoms with Crippen molar-refractivity contribution in [2.45, 2.75) is 32.7 Å². The first kappa shape index (κ1) is 12.7. The third kappa shape index (κ3) is 2.64. The van der Waals surface area contributed by atoms with E-state index in [4.69, 9.17) is 4.42 Å². The van der Waals surface area contributed by atoms with E-state index >= 15 is 0 Å². The molecule has 3 aromatic rings. The van der Waals surface area contributed by atoms with Crippen molar-refractivity contribution in [3.8, 4) is 0 Å². The number of aromatic nitrogens is 4. The van der Waals surface area contributed by atoms with Gasteiger partial charge in [0, 0.05) is 24.2 Å². The van der Waals surface area contributed by atoms with Crippen LogP contribution in [0.15, 0.2) is 35.2 Å². The van der Waals surface area contributed by atoms with Gasteiger partial charge in [0.05, 0.1) is 6.26 Å². The molecular weight excluding hydrogens is 254 g/mol. The molecule has 0 fully saturated rings. The van der Waals surface area contributed by atoms with E-state index in [2.05, 4.69) is 27.3 Å². The summed E-state index contributed by atoms with van der Waals surface area (Å²) in [6.07, 6.45) is 5.11. The lowest BCUT2D eigenvalue weighted by Gasteiger charge is -2.15. The Bertz CT molecular complexity index is 689. The molecule has 3 heterocycles. The maximum atomic E-state index is 5.35. The van der Waals surface area contributed by atoms with E-state index in [0.29, 0.717) is 11.8 Å². The topological polar surface area (TPSA) is 68.2 Å². The molecule has 0 bridgehead atoms. The average molecular weight is 271 g/mol. The van der Waals surface area contributed by atoms with Gasteiger partial charge < -0.3 is 9.73 Å². The number of furan rings is 1. The predicted octanol–water partition coefficient (Wildman–Crippen LogP) is 2.46. The van der Waals surface area contributed by atoms with Crippen molar-refractivity contribution in [3.63, 3.8) is 0 Å². The van der Waals surface area contributed by atoms with Crippen LogP contribution in [0.2, 0.25) is 0 Å². The molecule has 1 N–H and O–H groups in total. The molecule has 0 saturated carbocycles. The highest BCUT2D eigenvalue weighted by Gasteiger charge is 2.09. The van der Waals surface area contributed by atoms with Crippen LogP contribution in [0.5, 0.6) is 0 Å². The lowest BCUT2D eigenvalue weighted by molar-refractivity contribution is 0.494. The Morgan fingerprint density at radius 1 is 1.45 bits per heavy atom. The molecule has 0 saturated heterocycles. The van der Waals surface area contributed by atoms with Crippen molar-refractivity contribution in [2.24, 2.45) is 0 Å². The van der Waals surface area contributed by atoms with E-state index in [0.717, 1.165) is 30.1 Å². The number of nitrogens with one attached hydrogen (secondary N) is 1. The lowest BCUT2D eigenvalue weighted by atomic mass is 10.1. The summed E-state index contributed by atoms with van der Waals surface area (Å²) in [5, 5.41) is 7.64. The SMILES string of the molecule is Cc1cc(NC(C)CCc2ccco2)n2ncnc2n1. The molecule has 0 aliphatic carbocycles. The van der Waals surface area contributed by atoms with Gasteiger partial charge in [-0.05, 0) is 32.4 Å². The predicted molar refractivity (Wildman–Crippen MR) is 75.6 cm³/mol. The fourth-order valence-corrected chi connectivity index (χ4v) is 2.17. The van der Waals surface area contributed by atoms with E-state index in [9.17, 15) is 0 Å². The zero-order valence-electron chi connectivity index (χ0n) is 11.6. The molecule has 1 atom stereocenters. The molecule has 0 aliphatic rings. The fourth-order valence-electron chi connectivity index (χ4n) is 2.17. The number of fused-ring (bicyclic) bond motifs is 1. The van der Waals surface area contributed by atoms with Crippen molar-refractivity contribution in [1.82, 2.24) is 19.6 Å². The van der Waals surface area contributed by atoms with E-state index in [1.54, 1.807) is 10.8 Å². The molecule has 6 heteroatoms. The highest BCUT2D eigenvalue weighted by atomic mass is 16.3. The van der Waals surface area contributed by atoms with Gasteiger partial charge in [-0.3, -0.25) is 0 Å². The van der Waals surface area contributed by atoms with Gasteiger partial charge in [0.1, 0.15) is 17.9 Å². The summed E-state index contributed by atoms with van der Waals surface area (Å²) in [5.41, 5.74) is 0.922. The summed E-state index contributed by atoms with van der Waals surface area (Å²) in [6.45, 7) is 4.09. The minimum atomic E-state index is 0.300. The minimum Gasteiger partial charge on any atom is -0.469 e. The Morgan fingerprint density at radius 3 is 3.15 bits per heavy atom. The van der Waals surface area contributed by atoms with Gasteiger partial charge in [0.25, 0.3) is 5.78 Å². The van der Waals surface area contributed by atoms with Crippen LogP contribution in [-0.4, -0.2) is 25.6 Å². The third-order valence-corrected chi connectivity index (χ3v) is 3.18. The average Bonchev–Trinajstić information content (AvgIpc) is 3.06. The Labute approximate surface area is 116 Å².